The first kappa shape index (κ1) is 78.7. The summed E-state index contributed by atoms with van der Waals surface area (Å²) in [6, 6.07) is 45.7. The van der Waals surface area contributed by atoms with E-state index >= 15 is 0 Å². The van der Waals surface area contributed by atoms with Crippen LogP contribution < -0.4 is 0 Å². The van der Waals surface area contributed by atoms with Crippen molar-refractivity contribution in [3.05, 3.63) is 186 Å². The van der Waals surface area contributed by atoms with Crippen molar-refractivity contribution < 1.29 is 64.4 Å². The SMILES string of the molecule is CC(=[OH+])C=C(C)O.CCCCC(c1cccc(-c2[c-]cccc2)n1)N(C)C.CCCCC(c1cccc(-c2[c-]cccc2)n1)N(C)C.CCCCCC(C(C)=[OH+])=C(C)O.CCCCCC(C(C)=[OH+])=C(C)O.[CH2-]c1ccccc1.[Cr].[Cr]. The van der Waals surface area contributed by atoms with Gasteiger partial charge < -0.3 is 25.1 Å². The largest absolute Gasteiger partial charge is 0.512 e. The van der Waals surface area contributed by atoms with Gasteiger partial charge in [0.1, 0.15) is 11.5 Å². The van der Waals surface area contributed by atoms with Crippen molar-refractivity contribution in [1.82, 2.24) is 19.8 Å². The summed E-state index contributed by atoms with van der Waals surface area (Å²) in [4.78, 5) is 41.0. The van der Waals surface area contributed by atoms with Crippen molar-refractivity contribution >= 4 is 17.3 Å². The third kappa shape index (κ3) is 36.7. The second-order valence-electron chi connectivity index (χ2n) is 19.8. The Morgan fingerprint density at radius 2 is 0.875 bits per heavy atom. The molecular formula is C68H100Cr2N4O6. The maximum absolute atomic E-state index is 9.18. The smallest absolute Gasteiger partial charge is 0.319 e. The van der Waals surface area contributed by atoms with Crippen LogP contribution in [0, 0.1) is 19.1 Å². The summed E-state index contributed by atoms with van der Waals surface area (Å²) >= 11 is 0. The predicted octanol–water partition coefficient (Wildman–Crippen LogP) is 17.5. The Hall–Kier alpha value is -5.56. The van der Waals surface area contributed by atoms with E-state index in [9.17, 15) is 19.8 Å². The zero-order valence-corrected chi connectivity index (χ0v) is 53.6. The molecular weight excluding hydrogens is 1070 g/mol. The molecule has 5 aromatic rings. The molecule has 0 spiro atoms. The molecule has 0 saturated carbocycles. The van der Waals surface area contributed by atoms with E-state index in [-0.39, 0.29) is 69.3 Å². The van der Waals surface area contributed by atoms with Gasteiger partial charge in [0, 0.05) is 46.1 Å². The number of unbranched alkanes of at least 4 members (excludes halogenated alkanes) is 6. The summed E-state index contributed by atoms with van der Waals surface area (Å²) in [6.45, 7) is 21.9. The monoisotopic (exact) mass is 1170 g/mol. The maximum atomic E-state index is 9.18. The fourth-order valence-corrected chi connectivity index (χ4v) is 7.95. The number of pyridine rings is 2. The first-order chi connectivity index (χ1) is 37.1. The number of rotatable bonds is 23. The molecule has 3 aromatic carbocycles. The van der Waals surface area contributed by atoms with Crippen LogP contribution in [0.25, 0.3) is 22.5 Å². The van der Waals surface area contributed by atoms with E-state index in [1.54, 1.807) is 27.7 Å². The van der Waals surface area contributed by atoms with Gasteiger partial charge in [-0.1, -0.05) is 109 Å². The van der Waals surface area contributed by atoms with E-state index in [2.05, 4.69) is 133 Å². The Balaban J connectivity index is -0.000000925. The van der Waals surface area contributed by atoms with Gasteiger partial charge >= 0.3 is 17.3 Å². The van der Waals surface area contributed by atoms with Gasteiger partial charge in [-0.05, 0) is 111 Å². The zero-order valence-electron chi connectivity index (χ0n) is 51.1. The fraction of sp³-hybridized carbons (Fsp3) is 0.441. The number of aromatic nitrogens is 2. The fourth-order valence-electron chi connectivity index (χ4n) is 7.95. The summed E-state index contributed by atoms with van der Waals surface area (Å²) < 4.78 is 0. The number of hydrogen-bond donors (Lipinski definition) is 3. The molecule has 6 N–H and O–H groups in total. The van der Waals surface area contributed by atoms with Gasteiger partial charge in [0.2, 0.25) is 0 Å². The average Bonchev–Trinajstić information content (AvgIpc) is 3.40. The van der Waals surface area contributed by atoms with Crippen LogP contribution in [0.4, 0.5) is 0 Å². The number of allylic oxidation sites excluding steroid dienone is 6. The summed E-state index contributed by atoms with van der Waals surface area (Å²) in [5, 5.41) is 26.8. The number of aliphatic hydroxyl groups is 3. The summed E-state index contributed by atoms with van der Waals surface area (Å²) in [6.07, 6.45) is 16.7. The van der Waals surface area contributed by atoms with Crippen molar-refractivity contribution in [3.8, 4) is 22.5 Å². The molecule has 2 heterocycles. The standard InChI is InChI=1S/2C18H23N2.2C10H18O2.C7H7.C5H8O2.2Cr/c2*1-4-5-14-18(20(2)3)17-13-9-12-16(19-17)15-10-7-6-8-11-15;2*1-4-5-6-7-10(8(2)11)9(3)12;1-7-5-3-2-4-6-7;1-4(6)3-5(2)7;;/h2*6-10,12-13,18H,4-5,14H2,1-3H3;2*11H,4-7H2,1-3H3;2-6H,1H2;3,6H,1-2H3;;/q2*-1;;;-1;;;/p+3. The first-order valence-electron chi connectivity index (χ1n) is 28.0. The van der Waals surface area contributed by atoms with E-state index in [4.69, 9.17) is 19.9 Å². The van der Waals surface area contributed by atoms with Gasteiger partial charge in [-0.3, -0.25) is 24.4 Å². The molecule has 0 radical (unpaired) electrons. The van der Waals surface area contributed by atoms with Crippen LogP contribution in [0.15, 0.2) is 150 Å². The van der Waals surface area contributed by atoms with E-state index in [0.29, 0.717) is 23.2 Å². The topological polar surface area (TPSA) is 157 Å². The molecule has 5 rings (SSSR count). The molecule has 0 aliphatic rings. The third-order valence-corrected chi connectivity index (χ3v) is 12.2. The van der Waals surface area contributed by atoms with Gasteiger partial charge in [-0.15, -0.1) is 83.9 Å². The van der Waals surface area contributed by atoms with Crippen LogP contribution in [0.2, 0.25) is 0 Å². The van der Waals surface area contributed by atoms with E-state index in [0.717, 1.165) is 104 Å². The third-order valence-electron chi connectivity index (χ3n) is 12.2. The summed E-state index contributed by atoms with van der Waals surface area (Å²) in [5.41, 5.74) is 8.90. The van der Waals surface area contributed by atoms with Crippen molar-refractivity contribution in [2.24, 2.45) is 0 Å². The second-order valence-corrected chi connectivity index (χ2v) is 19.8. The number of hydrogen-bond acceptors (Lipinski definition) is 7. The number of ketones is 3. The van der Waals surface area contributed by atoms with Crippen molar-refractivity contribution in [1.29, 1.82) is 0 Å². The first-order valence-corrected chi connectivity index (χ1v) is 28.0. The van der Waals surface area contributed by atoms with Crippen LogP contribution in [-0.4, -0.2) is 95.0 Å². The molecule has 0 fully saturated rings. The number of nitrogens with zero attached hydrogens (tertiary/aromatic N) is 4. The van der Waals surface area contributed by atoms with Gasteiger partial charge in [0.05, 0.1) is 55.8 Å². The molecule has 12 heteroatoms. The van der Waals surface area contributed by atoms with Gasteiger partial charge in [-0.25, -0.2) is 0 Å². The molecule has 10 nitrogen and oxygen atoms in total. The Morgan fingerprint density at radius 3 is 1.11 bits per heavy atom. The molecule has 0 aliphatic heterocycles. The maximum Gasteiger partial charge on any atom is 0.319 e. The average molecular weight is 1170 g/mol. The predicted molar refractivity (Wildman–Crippen MR) is 333 cm³/mol. The molecule has 2 atom stereocenters. The zero-order chi connectivity index (χ0) is 58.8. The number of carbonyl (C=O) groups excluding carboxylic acids is 3. The van der Waals surface area contributed by atoms with E-state index in [1.807, 2.05) is 66.7 Å². The van der Waals surface area contributed by atoms with Crippen LogP contribution in [0.1, 0.15) is 188 Å². The molecule has 440 valence electrons. The van der Waals surface area contributed by atoms with Crippen molar-refractivity contribution in [2.45, 2.75) is 171 Å². The Bertz CT molecular complexity index is 2340. The molecule has 2 unspecified atom stereocenters. The van der Waals surface area contributed by atoms with Gasteiger partial charge in [-0.2, -0.15) is 24.6 Å². The minimum atomic E-state index is 0. The number of benzene rings is 3. The Morgan fingerprint density at radius 1 is 0.512 bits per heavy atom. The van der Waals surface area contributed by atoms with Crippen molar-refractivity contribution in [3.63, 3.8) is 0 Å². The minimum Gasteiger partial charge on any atom is -0.512 e. The van der Waals surface area contributed by atoms with Crippen LogP contribution >= 0.6 is 0 Å². The van der Waals surface area contributed by atoms with Gasteiger partial charge in [0.25, 0.3) is 0 Å². The molecule has 2 aromatic heterocycles. The Kier molecular flexibility index (Phi) is 47.4. The van der Waals surface area contributed by atoms with Gasteiger partial charge in [0.15, 0.2) is 0 Å². The Labute approximate surface area is 506 Å². The molecule has 0 aliphatic carbocycles. The molecule has 80 heavy (non-hydrogen) atoms. The molecule has 0 saturated heterocycles. The molecule has 0 amide bonds. The van der Waals surface area contributed by atoms with Crippen LogP contribution in [-0.2, 0) is 34.7 Å². The summed E-state index contributed by atoms with van der Waals surface area (Å²) in [5.74, 6) is 1.22. The van der Waals surface area contributed by atoms with E-state index in [1.165, 1.54) is 45.6 Å². The quantitative estimate of drug-likeness (QED) is 0.0193. The minimum absolute atomic E-state index is 0. The number of aliphatic hydroxyl groups excluding tert-OH is 3. The molecule has 0 bridgehead atoms. The van der Waals surface area contributed by atoms with Crippen LogP contribution in [0.3, 0.4) is 0 Å². The summed E-state index contributed by atoms with van der Waals surface area (Å²) in [7, 11) is 8.51. The van der Waals surface area contributed by atoms with Crippen LogP contribution in [0.5, 0.6) is 0 Å². The van der Waals surface area contributed by atoms with E-state index < -0.39 is 0 Å². The second kappa shape index (κ2) is 48.2. The van der Waals surface area contributed by atoms with Crippen molar-refractivity contribution in [2.75, 3.05) is 28.2 Å². The normalized spacial score (nSPS) is 11.8.